The highest BCUT2D eigenvalue weighted by atomic mass is 35.5. The zero-order valence-corrected chi connectivity index (χ0v) is 21.6. The summed E-state index contributed by atoms with van der Waals surface area (Å²) in [5, 5.41) is 13.1. The molecule has 0 saturated carbocycles. The number of rotatable bonds is 11. The second kappa shape index (κ2) is 12.2. The Balaban J connectivity index is 2.22. The minimum Gasteiger partial charge on any atom is -0.477 e. The largest absolute Gasteiger partial charge is 0.477 e. The first kappa shape index (κ1) is 31.5. The molecular formula is C26H21ClF7N3O4. The van der Waals surface area contributed by atoms with Crippen LogP contribution in [0.5, 0.6) is 5.75 Å². The molecule has 0 aliphatic carbocycles. The van der Waals surface area contributed by atoms with Crippen molar-refractivity contribution in [3.63, 3.8) is 0 Å². The van der Waals surface area contributed by atoms with Crippen LogP contribution in [0.1, 0.15) is 23.7 Å². The number of carboxylic acids is 1. The highest BCUT2D eigenvalue weighted by Gasteiger charge is 2.47. The van der Waals surface area contributed by atoms with Crippen molar-refractivity contribution in [3.05, 3.63) is 94.5 Å². The third-order valence-corrected chi connectivity index (χ3v) is 6.08. The number of nitrogens with one attached hydrogen (secondary N) is 2. The van der Waals surface area contributed by atoms with Crippen molar-refractivity contribution in [2.45, 2.75) is 43.4 Å². The summed E-state index contributed by atoms with van der Waals surface area (Å²) in [6.45, 7) is 0.716. The molecular weight excluding hydrogens is 587 g/mol. The number of carbonyl (C=O) groups excluding carboxylic acids is 1. The third-order valence-electron chi connectivity index (χ3n) is 5.85. The summed E-state index contributed by atoms with van der Waals surface area (Å²) >= 11 is 5.94. The average Bonchev–Trinajstić information content (AvgIpc) is 2.88. The van der Waals surface area contributed by atoms with Gasteiger partial charge in [0.15, 0.2) is 0 Å². The maximum absolute atomic E-state index is 14.8. The Hall–Kier alpha value is -4.07. The van der Waals surface area contributed by atoms with E-state index in [2.05, 4.69) is 15.0 Å². The van der Waals surface area contributed by atoms with E-state index in [1.54, 1.807) is 35.6 Å². The minimum absolute atomic E-state index is 0.112. The van der Waals surface area contributed by atoms with Gasteiger partial charge in [0.2, 0.25) is 0 Å². The third kappa shape index (κ3) is 7.37. The zero-order chi connectivity index (χ0) is 30.6. The van der Waals surface area contributed by atoms with Gasteiger partial charge in [0.25, 0.3) is 0 Å². The van der Waals surface area contributed by atoms with Crippen LogP contribution in [-0.4, -0.2) is 46.6 Å². The van der Waals surface area contributed by atoms with Crippen LogP contribution in [0.3, 0.4) is 0 Å². The van der Waals surface area contributed by atoms with Gasteiger partial charge in [-0.25, -0.2) is 14.0 Å². The number of hydrogen-bond donors (Lipinski definition) is 3. The first-order valence-corrected chi connectivity index (χ1v) is 12.0. The molecule has 7 nitrogen and oxygen atoms in total. The number of aliphatic carboxylic acids is 1. The van der Waals surface area contributed by atoms with Crippen molar-refractivity contribution in [3.8, 4) is 5.75 Å². The molecule has 2 aromatic carbocycles. The Morgan fingerprint density at radius 2 is 1.71 bits per heavy atom. The predicted octanol–water partition coefficient (Wildman–Crippen LogP) is 6.00. The fourth-order valence-corrected chi connectivity index (χ4v) is 3.94. The number of aromatic nitrogens is 1. The number of nitrogens with zero attached hydrogens (tertiary/aromatic N) is 1. The van der Waals surface area contributed by atoms with Gasteiger partial charge in [-0.05, 0) is 42.3 Å². The molecule has 15 heteroatoms. The predicted molar refractivity (Wildman–Crippen MR) is 132 cm³/mol. The van der Waals surface area contributed by atoms with Gasteiger partial charge in [-0.2, -0.15) is 26.3 Å². The topological polar surface area (TPSA) is 101 Å². The number of halogens is 8. The minimum atomic E-state index is -5.02. The second-order valence-electron chi connectivity index (χ2n) is 8.82. The number of benzene rings is 2. The molecule has 41 heavy (non-hydrogen) atoms. The SMILES string of the molecule is CC(NC(=O)N[C@@](Cc1ccccc1)(c1cc(F)cc(OC(F)(F)C(F)F)c1)c1ccc(Cl)cn1)C(F)(F)C(=O)O. The number of ether oxygens (including phenoxy) is 1. The van der Waals surface area contributed by atoms with E-state index < -0.39 is 53.6 Å². The Morgan fingerprint density at radius 1 is 1.05 bits per heavy atom. The van der Waals surface area contributed by atoms with Crippen LogP contribution in [0.25, 0.3) is 0 Å². The van der Waals surface area contributed by atoms with E-state index in [1.165, 1.54) is 12.1 Å². The number of hydrogen-bond acceptors (Lipinski definition) is 4. The smallest absolute Gasteiger partial charge is 0.461 e. The van der Waals surface area contributed by atoms with Gasteiger partial charge in [0.05, 0.1) is 10.7 Å². The summed E-state index contributed by atoms with van der Waals surface area (Å²) in [5.41, 5.74) is -2.13. The maximum atomic E-state index is 14.8. The Morgan fingerprint density at radius 3 is 2.27 bits per heavy atom. The summed E-state index contributed by atoms with van der Waals surface area (Å²) in [6, 6.07) is 8.78. The molecule has 0 aliphatic rings. The molecule has 0 radical (unpaired) electrons. The first-order valence-electron chi connectivity index (χ1n) is 11.6. The van der Waals surface area contributed by atoms with Gasteiger partial charge in [-0.15, -0.1) is 0 Å². The standard InChI is InChI=1S/C26H21ClF7N3O4/c1-14(25(31,32)22(38)39)36-23(40)37-24(12-15-5-3-2-4-6-15,20-8-7-17(27)13-35-20)16-9-18(28)11-19(10-16)41-26(33,34)21(29)30/h2-11,13-14,21H,12H2,1H3,(H,38,39)(H2,36,37,40)/t14?,24-/m0/s1. The van der Waals surface area contributed by atoms with Crippen LogP contribution in [-0.2, 0) is 16.8 Å². The number of carbonyl (C=O) groups is 2. The zero-order valence-electron chi connectivity index (χ0n) is 20.9. The number of pyridine rings is 1. The average molecular weight is 608 g/mol. The number of carboxylic acid groups (broad SMARTS) is 1. The van der Waals surface area contributed by atoms with Crippen molar-refractivity contribution < 1.29 is 50.2 Å². The van der Waals surface area contributed by atoms with Gasteiger partial charge in [-0.3, -0.25) is 4.98 Å². The van der Waals surface area contributed by atoms with Crippen LogP contribution < -0.4 is 15.4 Å². The molecule has 1 unspecified atom stereocenters. The number of alkyl halides is 6. The molecule has 2 atom stereocenters. The molecule has 0 aliphatic heterocycles. The Labute approximate surface area is 233 Å². The van der Waals surface area contributed by atoms with Crippen molar-refractivity contribution in [2.24, 2.45) is 0 Å². The quantitative estimate of drug-likeness (QED) is 0.232. The van der Waals surface area contributed by atoms with Crippen LogP contribution in [0.15, 0.2) is 66.9 Å². The molecule has 3 aromatic rings. The molecule has 2 amide bonds. The molecule has 1 aromatic heterocycles. The van der Waals surface area contributed by atoms with Crippen LogP contribution in [0.4, 0.5) is 35.5 Å². The molecule has 1 heterocycles. The monoisotopic (exact) mass is 607 g/mol. The van der Waals surface area contributed by atoms with Crippen molar-refractivity contribution in [1.29, 1.82) is 0 Å². The maximum Gasteiger partial charge on any atom is 0.461 e. The fourth-order valence-electron chi connectivity index (χ4n) is 3.82. The van der Waals surface area contributed by atoms with E-state index in [9.17, 15) is 40.3 Å². The van der Waals surface area contributed by atoms with Crippen LogP contribution in [0.2, 0.25) is 5.02 Å². The number of urea groups is 1. The number of amides is 2. The molecule has 0 spiro atoms. The lowest BCUT2D eigenvalue weighted by Crippen LogP contribution is -2.58. The lowest BCUT2D eigenvalue weighted by molar-refractivity contribution is -0.253. The molecule has 220 valence electrons. The molecule has 0 bridgehead atoms. The van der Waals surface area contributed by atoms with Crippen molar-refractivity contribution in [1.82, 2.24) is 15.6 Å². The summed E-state index contributed by atoms with van der Waals surface area (Å²) < 4.78 is 100.0. The van der Waals surface area contributed by atoms with E-state index in [0.29, 0.717) is 18.6 Å². The Kier molecular flexibility index (Phi) is 9.36. The van der Waals surface area contributed by atoms with E-state index in [1.807, 2.05) is 0 Å². The van der Waals surface area contributed by atoms with Gasteiger partial charge in [0, 0.05) is 18.7 Å². The summed E-state index contributed by atoms with van der Waals surface area (Å²) in [6.07, 6.45) is -8.50. The molecule has 0 fully saturated rings. The highest BCUT2D eigenvalue weighted by Crippen LogP contribution is 2.37. The van der Waals surface area contributed by atoms with E-state index in [0.717, 1.165) is 18.3 Å². The lowest BCUT2D eigenvalue weighted by Gasteiger charge is -2.36. The molecule has 0 saturated heterocycles. The van der Waals surface area contributed by atoms with E-state index >= 15 is 0 Å². The normalized spacial score (nSPS) is 14.2. The van der Waals surface area contributed by atoms with Crippen LogP contribution in [0, 0.1) is 5.82 Å². The lowest BCUT2D eigenvalue weighted by atomic mass is 9.80. The summed E-state index contributed by atoms with van der Waals surface area (Å²) in [7, 11) is 0. The molecule has 3 N–H and O–H groups in total. The summed E-state index contributed by atoms with van der Waals surface area (Å²) in [4.78, 5) is 28.2. The van der Waals surface area contributed by atoms with Gasteiger partial charge < -0.3 is 20.5 Å². The van der Waals surface area contributed by atoms with Crippen LogP contribution >= 0.6 is 11.6 Å². The van der Waals surface area contributed by atoms with E-state index in [4.69, 9.17) is 16.7 Å². The Bertz CT molecular complexity index is 1380. The van der Waals surface area contributed by atoms with Crippen molar-refractivity contribution >= 4 is 23.6 Å². The van der Waals surface area contributed by atoms with Gasteiger partial charge in [0.1, 0.15) is 23.1 Å². The van der Waals surface area contributed by atoms with Gasteiger partial charge in [-0.1, -0.05) is 41.9 Å². The summed E-state index contributed by atoms with van der Waals surface area (Å²) in [5.74, 6) is -9.22. The molecule has 3 rings (SSSR count). The van der Waals surface area contributed by atoms with E-state index in [-0.39, 0.29) is 22.7 Å². The van der Waals surface area contributed by atoms with Crippen molar-refractivity contribution in [2.75, 3.05) is 0 Å². The fraction of sp³-hybridized carbons (Fsp3) is 0.269. The van der Waals surface area contributed by atoms with Gasteiger partial charge >= 0.3 is 30.5 Å². The first-order chi connectivity index (χ1) is 19.1. The second-order valence-corrected chi connectivity index (χ2v) is 9.25. The highest BCUT2D eigenvalue weighted by molar-refractivity contribution is 6.30.